The number of ether oxygens (including phenoxy) is 1. The number of halogens is 2. The molecule has 6 heteroatoms. The molecule has 2 rings (SSSR count). The van der Waals surface area contributed by atoms with Crippen LogP contribution in [0.3, 0.4) is 0 Å². The first-order valence-corrected chi connectivity index (χ1v) is 10.3. The lowest BCUT2D eigenvalue weighted by Crippen LogP contribution is -2.52. The molecule has 0 aliphatic heterocycles. The number of carbonyl (C=O) groups is 1. The summed E-state index contributed by atoms with van der Waals surface area (Å²) in [6, 6.07) is 5.81. The number of carbonyl (C=O) groups excluding carboxylic acids is 1. The Morgan fingerprint density at radius 1 is 1.26 bits per heavy atom. The number of nitrogens with zero attached hydrogens (tertiary/aromatic N) is 2. The number of hydrogen-bond donors (Lipinski definition) is 0. The molecule has 0 unspecified atom stereocenters. The van der Waals surface area contributed by atoms with Gasteiger partial charge in [0.05, 0.1) is 11.6 Å². The molecule has 1 saturated carbocycles. The van der Waals surface area contributed by atoms with Crippen molar-refractivity contribution in [3.63, 3.8) is 0 Å². The van der Waals surface area contributed by atoms with Crippen LogP contribution >= 0.6 is 23.2 Å². The van der Waals surface area contributed by atoms with E-state index in [0.29, 0.717) is 41.3 Å². The summed E-state index contributed by atoms with van der Waals surface area (Å²) >= 11 is 12.0. The van der Waals surface area contributed by atoms with Crippen LogP contribution in [0.5, 0.6) is 5.75 Å². The fourth-order valence-electron chi connectivity index (χ4n) is 3.76. The number of likely N-dealkylation sites (N-methyl/N-ethyl adjacent to an activating group) is 2. The Hall–Kier alpha value is -1.23. The molecule has 1 aromatic rings. The molecule has 0 bridgehead atoms. The first kappa shape index (κ1) is 22.1. The van der Waals surface area contributed by atoms with Gasteiger partial charge in [-0.3, -0.25) is 9.69 Å². The fourth-order valence-corrected chi connectivity index (χ4v) is 4.22. The zero-order chi connectivity index (χ0) is 19.8. The summed E-state index contributed by atoms with van der Waals surface area (Å²) in [6.07, 6.45) is 7.64. The lowest BCUT2D eigenvalue weighted by atomic mass is 9.88. The quantitative estimate of drug-likeness (QED) is 0.420. The van der Waals surface area contributed by atoms with Gasteiger partial charge >= 0.3 is 0 Å². The number of rotatable bonds is 9. The average Bonchev–Trinajstić information content (AvgIpc) is 2.66. The molecule has 2 atom stereocenters. The molecule has 27 heavy (non-hydrogen) atoms. The maximum atomic E-state index is 12.7. The number of benzene rings is 1. The molecule has 0 heterocycles. The second-order valence-electron chi connectivity index (χ2n) is 7.18. The van der Waals surface area contributed by atoms with Gasteiger partial charge in [0, 0.05) is 37.1 Å². The topological polar surface area (TPSA) is 32.8 Å². The van der Waals surface area contributed by atoms with Gasteiger partial charge in [-0.25, -0.2) is 0 Å². The smallest absolute Gasteiger partial charge is 0.222 e. The van der Waals surface area contributed by atoms with Gasteiger partial charge in [-0.1, -0.05) is 42.1 Å². The second-order valence-corrected chi connectivity index (χ2v) is 8.02. The highest BCUT2D eigenvalue weighted by molar-refractivity contribution is 6.35. The summed E-state index contributed by atoms with van der Waals surface area (Å²) in [5.74, 6) is 0.768. The van der Waals surface area contributed by atoms with Crippen LogP contribution in [0.4, 0.5) is 0 Å². The highest BCUT2D eigenvalue weighted by atomic mass is 35.5. The molecule has 0 N–H and O–H groups in total. The predicted octanol–water partition coefficient (Wildman–Crippen LogP) is 5.04. The Labute approximate surface area is 173 Å². The standard InChI is InChI=1S/C21H30Cl2N2O2/c1-4-13-24(2)18-8-5-6-9-19(18)25(3)21(26)10-7-14-27-20-12-11-16(22)15-17(20)23/h4,11-12,15,18-19H,1,5-10,13-14H2,2-3H3/t18-,19-/m1/s1. The van der Waals surface area contributed by atoms with E-state index in [1.807, 2.05) is 18.0 Å². The summed E-state index contributed by atoms with van der Waals surface area (Å²) < 4.78 is 5.68. The highest BCUT2D eigenvalue weighted by Crippen LogP contribution is 2.28. The third-order valence-electron chi connectivity index (χ3n) is 5.25. The second kappa shape index (κ2) is 10.9. The van der Waals surface area contributed by atoms with Gasteiger partial charge in [0.15, 0.2) is 0 Å². The number of hydrogen-bond acceptors (Lipinski definition) is 3. The van der Waals surface area contributed by atoms with Crippen LogP contribution in [-0.4, -0.2) is 55.0 Å². The third-order valence-corrected chi connectivity index (χ3v) is 5.78. The molecule has 0 aromatic heterocycles. The van der Waals surface area contributed by atoms with E-state index in [1.165, 1.54) is 12.8 Å². The molecule has 0 saturated heterocycles. The van der Waals surface area contributed by atoms with Crippen molar-refractivity contribution >= 4 is 29.1 Å². The largest absolute Gasteiger partial charge is 0.492 e. The van der Waals surface area contributed by atoms with E-state index in [9.17, 15) is 4.79 Å². The summed E-state index contributed by atoms with van der Waals surface area (Å²) in [5, 5.41) is 1.06. The van der Waals surface area contributed by atoms with Crippen LogP contribution in [0, 0.1) is 0 Å². The predicted molar refractivity (Wildman–Crippen MR) is 113 cm³/mol. The van der Waals surface area contributed by atoms with E-state index in [1.54, 1.807) is 18.2 Å². The van der Waals surface area contributed by atoms with Crippen LogP contribution in [-0.2, 0) is 4.79 Å². The van der Waals surface area contributed by atoms with Gasteiger partial charge in [0.25, 0.3) is 0 Å². The Kier molecular flexibility index (Phi) is 8.94. The zero-order valence-corrected chi connectivity index (χ0v) is 17.8. The third kappa shape index (κ3) is 6.41. The SMILES string of the molecule is C=CCN(C)[C@@H]1CCCC[C@H]1N(C)C(=O)CCCOc1ccc(Cl)cc1Cl. The maximum absolute atomic E-state index is 12.7. The van der Waals surface area contributed by atoms with Gasteiger partial charge < -0.3 is 9.64 Å². The first-order valence-electron chi connectivity index (χ1n) is 9.58. The Balaban J connectivity index is 1.82. The van der Waals surface area contributed by atoms with Crippen molar-refractivity contribution in [3.05, 3.63) is 40.9 Å². The van der Waals surface area contributed by atoms with Gasteiger partial charge in [-0.05, 0) is 44.5 Å². The lowest BCUT2D eigenvalue weighted by Gasteiger charge is -2.42. The van der Waals surface area contributed by atoms with Gasteiger partial charge in [0.1, 0.15) is 5.75 Å². The molecule has 1 amide bonds. The molecule has 1 aliphatic carbocycles. The molecule has 1 fully saturated rings. The van der Waals surface area contributed by atoms with Gasteiger partial charge in [-0.15, -0.1) is 6.58 Å². The summed E-state index contributed by atoms with van der Waals surface area (Å²) in [7, 11) is 4.05. The minimum absolute atomic E-state index is 0.171. The van der Waals surface area contributed by atoms with Crippen molar-refractivity contribution in [2.24, 2.45) is 0 Å². The van der Waals surface area contributed by atoms with Crippen LogP contribution in [0.15, 0.2) is 30.9 Å². The molecule has 1 aliphatic rings. The lowest BCUT2D eigenvalue weighted by molar-refractivity contribution is -0.134. The molecular weight excluding hydrogens is 383 g/mol. The summed E-state index contributed by atoms with van der Waals surface area (Å²) in [5.41, 5.74) is 0. The van der Waals surface area contributed by atoms with Gasteiger partial charge in [0.2, 0.25) is 5.91 Å². The highest BCUT2D eigenvalue weighted by Gasteiger charge is 2.32. The minimum atomic E-state index is 0.171. The summed E-state index contributed by atoms with van der Waals surface area (Å²) in [4.78, 5) is 16.9. The normalized spacial score (nSPS) is 19.7. The monoisotopic (exact) mass is 412 g/mol. The van der Waals surface area contributed by atoms with Crippen LogP contribution in [0.25, 0.3) is 0 Å². The zero-order valence-electron chi connectivity index (χ0n) is 16.3. The minimum Gasteiger partial charge on any atom is -0.492 e. The van der Waals surface area contributed by atoms with E-state index in [-0.39, 0.29) is 11.9 Å². The molecule has 150 valence electrons. The molecule has 4 nitrogen and oxygen atoms in total. The van der Waals surface area contributed by atoms with Crippen molar-refractivity contribution in [1.82, 2.24) is 9.80 Å². The molecule has 1 aromatic carbocycles. The van der Waals surface area contributed by atoms with E-state index in [4.69, 9.17) is 27.9 Å². The maximum Gasteiger partial charge on any atom is 0.222 e. The Morgan fingerprint density at radius 2 is 1.96 bits per heavy atom. The fraction of sp³-hybridized carbons (Fsp3) is 0.571. The van der Waals surface area contributed by atoms with E-state index < -0.39 is 0 Å². The molecule has 0 radical (unpaired) electrons. The van der Waals surface area contributed by atoms with Crippen molar-refractivity contribution in [3.8, 4) is 5.75 Å². The average molecular weight is 413 g/mol. The molecular formula is C21H30Cl2N2O2. The van der Waals surface area contributed by atoms with Gasteiger partial charge in [-0.2, -0.15) is 0 Å². The van der Waals surface area contributed by atoms with E-state index in [0.717, 1.165) is 19.4 Å². The van der Waals surface area contributed by atoms with Crippen LogP contribution in [0.2, 0.25) is 10.0 Å². The first-order chi connectivity index (χ1) is 12.9. The van der Waals surface area contributed by atoms with Crippen molar-refractivity contribution in [2.45, 2.75) is 50.6 Å². The van der Waals surface area contributed by atoms with Crippen LogP contribution < -0.4 is 4.74 Å². The van der Waals surface area contributed by atoms with E-state index >= 15 is 0 Å². The summed E-state index contributed by atoms with van der Waals surface area (Å²) in [6.45, 7) is 5.13. The number of amides is 1. The van der Waals surface area contributed by atoms with Crippen molar-refractivity contribution < 1.29 is 9.53 Å². The van der Waals surface area contributed by atoms with Crippen molar-refractivity contribution in [2.75, 3.05) is 27.2 Å². The Bertz CT molecular complexity index is 639. The molecule has 0 spiro atoms. The van der Waals surface area contributed by atoms with Crippen LogP contribution in [0.1, 0.15) is 38.5 Å². The Morgan fingerprint density at radius 3 is 2.63 bits per heavy atom. The van der Waals surface area contributed by atoms with E-state index in [2.05, 4.69) is 18.5 Å². The van der Waals surface area contributed by atoms with Crippen molar-refractivity contribution in [1.29, 1.82) is 0 Å².